The highest BCUT2D eigenvalue weighted by molar-refractivity contribution is 5.90. The number of carbonyl (C=O) groups is 2. The second-order valence-corrected chi connectivity index (χ2v) is 7.10. The van der Waals surface area contributed by atoms with Crippen LogP contribution in [0.4, 0.5) is 29.7 Å². The zero-order valence-corrected chi connectivity index (χ0v) is 15.0. The van der Waals surface area contributed by atoms with Crippen LogP contribution in [0.15, 0.2) is 24.5 Å². The van der Waals surface area contributed by atoms with Crippen LogP contribution in [-0.4, -0.2) is 65.1 Å². The van der Waals surface area contributed by atoms with Gasteiger partial charge in [-0.1, -0.05) is 5.21 Å². The van der Waals surface area contributed by atoms with Gasteiger partial charge in [-0.05, 0) is 0 Å². The van der Waals surface area contributed by atoms with Crippen molar-refractivity contribution in [1.82, 2.24) is 20.3 Å². The highest BCUT2D eigenvalue weighted by Gasteiger charge is 2.43. The number of anilines is 2. The molecular formula is C17H16F2N6O4. The lowest BCUT2D eigenvalue weighted by atomic mass is 10.2. The zero-order valence-electron chi connectivity index (χ0n) is 15.0. The summed E-state index contributed by atoms with van der Waals surface area (Å²) in [6.45, 7) is 0.829. The molecule has 1 aromatic carbocycles. The van der Waals surface area contributed by atoms with Crippen molar-refractivity contribution in [3.8, 4) is 0 Å². The van der Waals surface area contributed by atoms with E-state index in [9.17, 15) is 18.4 Å². The Balaban J connectivity index is 1.33. The summed E-state index contributed by atoms with van der Waals surface area (Å²) in [5.41, 5.74) is -0.147. The smallest absolute Gasteiger partial charge is 0.414 e. The Morgan fingerprint density at radius 3 is 2.62 bits per heavy atom. The van der Waals surface area contributed by atoms with E-state index < -0.39 is 36.0 Å². The summed E-state index contributed by atoms with van der Waals surface area (Å²) >= 11 is 0. The van der Waals surface area contributed by atoms with Crippen LogP contribution in [0.25, 0.3) is 0 Å². The molecule has 29 heavy (non-hydrogen) atoms. The molecule has 10 nitrogen and oxygen atoms in total. The highest BCUT2D eigenvalue weighted by Crippen LogP contribution is 2.34. The SMILES string of the molecule is O=C1NC2CN(c3c(F)cc(N4C[C@H](Cn5ccnn5)OC4=O)cc3F)CC2O1. The number of rotatable bonds is 4. The van der Waals surface area contributed by atoms with Gasteiger partial charge in [-0.2, -0.15) is 0 Å². The normalized spacial score (nSPS) is 25.8. The number of alkyl carbamates (subject to hydrolysis) is 1. The quantitative estimate of drug-likeness (QED) is 0.804. The van der Waals surface area contributed by atoms with Crippen molar-refractivity contribution in [3.63, 3.8) is 0 Å². The molecule has 2 aromatic rings. The second-order valence-electron chi connectivity index (χ2n) is 7.10. The van der Waals surface area contributed by atoms with Crippen LogP contribution < -0.4 is 15.1 Å². The molecule has 3 saturated heterocycles. The fourth-order valence-corrected chi connectivity index (χ4v) is 3.91. The fourth-order valence-electron chi connectivity index (χ4n) is 3.91. The Hall–Kier alpha value is -3.44. The van der Waals surface area contributed by atoms with Gasteiger partial charge in [0, 0.05) is 24.9 Å². The van der Waals surface area contributed by atoms with Gasteiger partial charge in [-0.25, -0.2) is 23.1 Å². The lowest BCUT2D eigenvalue weighted by molar-refractivity contribution is 0.129. The number of nitrogens with zero attached hydrogens (tertiary/aromatic N) is 5. The van der Waals surface area contributed by atoms with E-state index >= 15 is 0 Å². The van der Waals surface area contributed by atoms with E-state index in [2.05, 4.69) is 15.6 Å². The molecule has 12 heteroatoms. The Kier molecular flexibility index (Phi) is 4.00. The molecule has 2 unspecified atom stereocenters. The number of carbonyl (C=O) groups excluding carboxylic acids is 2. The summed E-state index contributed by atoms with van der Waals surface area (Å²) in [4.78, 5) is 26.1. The van der Waals surface area contributed by atoms with Crippen LogP contribution in [0, 0.1) is 11.6 Å². The van der Waals surface area contributed by atoms with E-state index in [0.717, 1.165) is 12.1 Å². The summed E-state index contributed by atoms with van der Waals surface area (Å²) < 4.78 is 41.4. The molecule has 152 valence electrons. The molecule has 0 aliphatic carbocycles. The van der Waals surface area contributed by atoms with Gasteiger partial charge in [0.05, 0.1) is 37.6 Å². The van der Waals surface area contributed by atoms with Crippen LogP contribution in [-0.2, 0) is 16.0 Å². The molecule has 1 aromatic heterocycles. The minimum atomic E-state index is -0.807. The molecule has 3 aliphatic rings. The van der Waals surface area contributed by atoms with Gasteiger partial charge < -0.3 is 19.7 Å². The van der Waals surface area contributed by atoms with E-state index in [4.69, 9.17) is 9.47 Å². The van der Waals surface area contributed by atoms with Gasteiger partial charge >= 0.3 is 12.2 Å². The number of halogens is 2. The minimum Gasteiger partial charge on any atom is -0.442 e. The van der Waals surface area contributed by atoms with Crippen LogP contribution in [0.2, 0.25) is 0 Å². The molecule has 3 fully saturated rings. The van der Waals surface area contributed by atoms with E-state index in [0.29, 0.717) is 0 Å². The molecule has 1 N–H and O–H groups in total. The summed E-state index contributed by atoms with van der Waals surface area (Å²) in [7, 11) is 0. The molecule has 3 atom stereocenters. The largest absolute Gasteiger partial charge is 0.442 e. The summed E-state index contributed by atoms with van der Waals surface area (Å²) in [5.74, 6) is -1.61. The number of hydrogen-bond acceptors (Lipinski definition) is 7. The number of fused-ring (bicyclic) bond motifs is 1. The first-order valence-corrected chi connectivity index (χ1v) is 9.01. The number of benzene rings is 1. The maximum absolute atomic E-state index is 14.8. The first kappa shape index (κ1) is 17.6. The van der Waals surface area contributed by atoms with Gasteiger partial charge in [0.15, 0.2) is 11.6 Å². The van der Waals surface area contributed by atoms with Gasteiger partial charge in [0.1, 0.15) is 17.9 Å². The molecule has 0 radical (unpaired) electrons. The molecule has 5 rings (SSSR count). The van der Waals surface area contributed by atoms with Crippen molar-refractivity contribution >= 4 is 23.6 Å². The molecular weight excluding hydrogens is 390 g/mol. The summed E-state index contributed by atoms with van der Waals surface area (Å²) in [6.07, 6.45) is 0.946. The third-order valence-electron chi connectivity index (χ3n) is 5.19. The van der Waals surface area contributed by atoms with Crippen LogP contribution in [0.3, 0.4) is 0 Å². The Morgan fingerprint density at radius 1 is 1.14 bits per heavy atom. The average molecular weight is 406 g/mol. The predicted molar refractivity (Wildman–Crippen MR) is 93.4 cm³/mol. The molecule has 3 aliphatic heterocycles. The Labute approximate surface area is 163 Å². The number of nitrogens with one attached hydrogen (secondary N) is 1. The maximum atomic E-state index is 14.8. The lowest BCUT2D eigenvalue weighted by Crippen LogP contribution is -2.33. The second kappa shape index (κ2) is 6.57. The highest BCUT2D eigenvalue weighted by atomic mass is 19.1. The monoisotopic (exact) mass is 406 g/mol. The van der Waals surface area contributed by atoms with E-state index in [-0.39, 0.29) is 43.6 Å². The number of amides is 2. The third-order valence-corrected chi connectivity index (χ3v) is 5.19. The predicted octanol–water partition coefficient (Wildman–Crippen LogP) is 0.879. The fraction of sp³-hybridized carbons (Fsp3) is 0.412. The third kappa shape index (κ3) is 3.09. The van der Waals surface area contributed by atoms with Crippen molar-refractivity contribution < 1.29 is 27.8 Å². The van der Waals surface area contributed by atoms with Crippen LogP contribution in [0.5, 0.6) is 0 Å². The van der Waals surface area contributed by atoms with Gasteiger partial charge in [0.2, 0.25) is 0 Å². The summed E-state index contributed by atoms with van der Waals surface area (Å²) in [5, 5.41) is 10.1. The van der Waals surface area contributed by atoms with Gasteiger partial charge in [-0.15, -0.1) is 5.10 Å². The minimum absolute atomic E-state index is 0.0683. The van der Waals surface area contributed by atoms with Crippen molar-refractivity contribution in [2.24, 2.45) is 0 Å². The molecule has 2 amide bonds. The maximum Gasteiger partial charge on any atom is 0.414 e. The molecule has 0 bridgehead atoms. The zero-order chi connectivity index (χ0) is 20.1. The topological polar surface area (TPSA) is 102 Å². The van der Waals surface area contributed by atoms with E-state index in [1.807, 2.05) is 0 Å². The number of aromatic nitrogens is 3. The molecule has 0 saturated carbocycles. The number of ether oxygens (including phenoxy) is 2. The van der Waals surface area contributed by atoms with Gasteiger partial charge in [0.25, 0.3) is 0 Å². The standard InChI is InChI=1S/C17H16F2N6O4/c18-11-3-9(25-6-10(28-17(25)27)5-24-2-1-20-22-24)4-12(19)15(11)23-7-13-14(8-23)29-16(26)21-13/h1-4,10,13-14H,5-8H2,(H,21,26)/t10-,13?,14?/m0/s1. The van der Waals surface area contributed by atoms with Crippen molar-refractivity contribution in [3.05, 3.63) is 36.2 Å². The van der Waals surface area contributed by atoms with E-state index in [1.165, 1.54) is 20.7 Å². The van der Waals surface area contributed by atoms with Crippen molar-refractivity contribution in [2.45, 2.75) is 24.8 Å². The Bertz CT molecular complexity index is 932. The first-order valence-electron chi connectivity index (χ1n) is 9.01. The van der Waals surface area contributed by atoms with Crippen LogP contribution >= 0.6 is 0 Å². The summed E-state index contributed by atoms with van der Waals surface area (Å²) in [6, 6.07) is 1.89. The molecule has 0 spiro atoms. The van der Waals surface area contributed by atoms with E-state index in [1.54, 1.807) is 6.20 Å². The lowest BCUT2D eigenvalue weighted by Gasteiger charge is -2.22. The Morgan fingerprint density at radius 2 is 1.93 bits per heavy atom. The van der Waals surface area contributed by atoms with Crippen LogP contribution in [0.1, 0.15) is 0 Å². The first-order chi connectivity index (χ1) is 14.0. The average Bonchev–Trinajstić information content (AvgIpc) is 3.40. The molecule has 4 heterocycles. The number of cyclic esters (lactones) is 1. The van der Waals surface area contributed by atoms with Crippen molar-refractivity contribution in [2.75, 3.05) is 29.4 Å². The van der Waals surface area contributed by atoms with Gasteiger partial charge in [-0.3, -0.25) is 4.90 Å². The number of hydrogen-bond donors (Lipinski definition) is 1. The van der Waals surface area contributed by atoms with Crippen molar-refractivity contribution in [1.29, 1.82) is 0 Å².